The lowest BCUT2D eigenvalue weighted by Gasteiger charge is -2.25. The third-order valence-electron chi connectivity index (χ3n) is 3.77. The zero-order chi connectivity index (χ0) is 14.5. The second kappa shape index (κ2) is 8.29. The summed E-state index contributed by atoms with van der Waals surface area (Å²) in [7, 11) is 1.66. The molecule has 1 saturated heterocycles. The predicted octanol–water partition coefficient (Wildman–Crippen LogP) is 2.73. The van der Waals surface area contributed by atoms with Gasteiger partial charge in [0.25, 0.3) is 0 Å². The topological polar surface area (TPSA) is 32.3 Å². The fourth-order valence-corrected chi connectivity index (χ4v) is 2.48. The van der Waals surface area contributed by atoms with Gasteiger partial charge in [-0.05, 0) is 37.9 Å². The van der Waals surface area contributed by atoms with Crippen LogP contribution in [-0.2, 0) is 11.3 Å². The zero-order valence-electron chi connectivity index (χ0n) is 12.1. The molecule has 0 aromatic heterocycles. The van der Waals surface area contributed by atoms with Crippen LogP contribution in [0.5, 0.6) is 0 Å². The average Bonchev–Trinajstić information content (AvgIpc) is 2.43. The van der Waals surface area contributed by atoms with Gasteiger partial charge >= 0.3 is 0 Å². The summed E-state index contributed by atoms with van der Waals surface area (Å²) in [5, 5.41) is 3.26. The number of carbonyl (C=O) groups is 1. The van der Waals surface area contributed by atoms with E-state index in [1.807, 2.05) is 0 Å². The largest absolute Gasteiger partial charge is 0.341 e. The van der Waals surface area contributed by atoms with Crippen molar-refractivity contribution in [1.29, 1.82) is 0 Å². The Labute approximate surface area is 130 Å². The smallest absolute Gasteiger partial charge is 0.222 e. The van der Waals surface area contributed by atoms with E-state index in [9.17, 15) is 13.6 Å². The summed E-state index contributed by atoms with van der Waals surface area (Å²) in [6.07, 6.45) is 2.51. The summed E-state index contributed by atoms with van der Waals surface area (Å²) in [4.78, 5) is 13.6. The van der Waals surface area contributed by atoms with Gasteiger partial charge in [-0.25, -0.2) is 8.78 Å². The summed E-state index contributed by atoms with van der Waals surface area (Å²) in [5.74, 6) is -0.786. The quantitative estimate of drug-likeness (QED) is 0.926. The van der Waals surface area contributed by atoms with Crippen LogP contribution in [0.3, 0.4) is 0 Å². The summed E-state index contributed by atoms with van der Waals surface area (Å²) in [5.41, 5.74) is 0.340. The Hall–Kier alpha value is -1.20. The second-order valence-corrected chi connectivity index (χ2v) is 5.38. The maximum atomic E-state index is 13.5. The number of hydrogen-bond donors (Lipinski definition) is 1. The van der Waals surface area contributed by atoms with Gasteiger partial charge < -0.3 is 10.2 Å². The maximum absolute atomic E-state index is 13.5. The summed E-state index contributed by atoms with van der Waals surface area (Å²) in [6, 6.07) is 3.45. The minimum absolute atomic E-state index is 0. The van der Waals surface area contributed by atoms with Gasteiger partial charge in [-0.3, -0.25) is 4.79 Å². The number of halogens is 3. The molecule has 118 valence electrons. The highest BCUT2D eigenvalue weighted by molar-refractivity contribution is 5.85. The number of piperidine rings is 1. The molecule has 0 radical (unpaired) electrons. The van der Waals surface area contributed by atoms with Crippen LogP contribution in [0.1, 0.15) is 24.8 Å². The van der Waals surface area contributed by atoms with Crippen molar-refractivity contribution in [3.8, 4) is 0 Å². The first kappa shape index (κ1) is 17.9. The van der Waals surface area contributed by atoms with Crippen molar-refractivity contribution in [2.24, 2.45) is 5.92 Å². The van der Waals surface area contributed by atoms with Gasteiger partial charge in [0.05, 0.1) is 0 Å². The first-order chi connectivity index (χ1) is 9.56. The normalized spacial score (nSPS) is 15.4. The van der Waals surface area contributed by atoms with Crippen LogP contribution in [0.15, 0.2) is 18.2 Å². The summed E-state index contributed by atoms with van der Waals surface area (Å²) < 4.78 is 26.4. The number of benzene rings is 1. The van der Waals surface area contributed by atoms with Crippen LogP contribution in [0.25, 0.3) is 0 Å². The molecular weight excluding hydrogens is 298 g/mol. The minimum atomic E-state index is -0.605. The molecule has 1 fully saturated rings. The number of nitrogens with zero attached hydrogens (tertiary/aromatic N) is 1. The van der Waals surface area contributed by atoms with E-state index in [4.69, 9.17) is 0 Å². The van der Waals surface area contributed by atoms with E-state index in [0.717, 1.165) is 32.0 Å². The van der Waals surface area contributed by atoms with Crippen molar-refractivity contribution in [1.82, 2.24) is 10.2 Å². The molecule has 0 bridgehead atoms. The summed E-state index contributed by atoms with van der Waals surface area (Å²) in [6.45, 7) is 2.08. The standard InChI is InChI=1S/C15H20F2N2O.ClH/c1-19(10-12-2-3-13(16)9-14(12)17)15(20)8-11-4-6-18-7-5-11;/h2-3,9,11,18H,4-8,10H2,1H3;1H. The number of nitrogens with one attached hydrogen (secondary N) is 1. The Balaban J connectivity index is 0.00000220. The van der Waals surface area contributed by atoms with Gasteiger partial charge in [0.15, 0.2) is 0 Å². The number of carbonyl (C=O) groups excluding carboxylic acids is 1. The second-order valence-electron chi connectivity index (χ2n) is 5.38. The monoisotopic (exact) mass is 318 g/mol. The first-order valence-electron chi connectivity index (χ1n) is 6.95. The molecule has 0 aliphatic carbocycles. The van der Waals surface area contributed by atoms with Crippen molar-refractivity contribution in [3.63, 3.8) is 0 Å². The molecule has 1 amide bonds. The number of hydrogen-bond acceptors (Lipinski definition) is 2. The molecule has 1 N–H and O–H groups in total. The van der Waals surface area contributed by atoms with Gasteiger partial charge in [-0.2, -0.15) is 0 Å². The Morgan fingerprint density at radius 2 is 2.00 bits per heavy atom. The van der Waals surface area contributed by atoms with Gasteiger partial charge in [0.2, 0.25) is 5.91 Å². The molecule has 0 spiro atoms. The highest BCUT2D eigenvalue weighted by atomic mass is 35.5. The van der Waals surface area contributed by atoms with E-state index < -0.39 is 11.6 Å². The Kier molecular flexibility index (Phi) is 7.05. The molecule has 1 aliphatic heterocycles. The third kappa shape index (κ3) is 5.25. The zero-order valence-corrected chi connectivity index (χ0v) is 12.9. The van der Waals surface area contributed by atoms with Crippen molar-refractivity contribution < 1.29 is 13.6 Å². The van der Waals surface area contributed by atoms with E-state index in [2.05, 4.69) is 5.32 Å². The predicted molar refractivity (Wildman–Crippen MR) is 80.3 cm³/mol. The van der Waals surface area contributed by atoms with Gasteiger partial charge in [0.1, 0.15) is 11.6 Å². The van der Waals surface area contributed by atoms with Gasteiger partial charge in [-0.15, -0.1) is 12.4 Å². The van der Waals surface area contributed by atoms with Crippen LogP contribution < -0.4 is 5.32 Å². The Morgan fingerprint density at radius 1 is 1.33 bits per heavy atom. The molecule has 1 aliphatic rings. The number of amides is 1. The van der Waals surface area contributed by atoms with Crippen LogP contribution >= 0.6 is 12.4 Å². The van der Waals surface area contributed by atoms with E-state index in [1.165, 1.54) is 17.0 Å². The fraction of sp³-hybridized carbons (Fsp3) is 0.533. The molecule has 0 atom stereocenters. The molecule has 1 heterocycles. The fourth-order valence-electron chi connectivity index (χ4n) is 2.48. The molecule has 0 saturated carbocycles. The van der Waals surface area contributed by atoms with Crippen LogP contribution in [0.4, 0.5) is 8.78 Å². The number of rotatable bonds is 4. The molecule has 0 unspecified atom stereocenters. The minimum Gasteiger partial charge on any atom is -0.341 e. The van der Waals surface area contributed by atoms with E-state index in [1.54, 1.807) is 7.05 Å². The van der Waals surface area contributed by atoms with E-state index in [0.29, 0.717) is 17.9 Å². The van der Waals surface area contributed by atoms with Crippen molar-refractivity contribution >= 4 is 18.3 Å². The Bertz CT molecular complexity index is 479. The lowest BCUT2D eigenvalue weighted by Crippen LogP contribution is -2.33. The van der Waals surface area contributed by atoms with Gasteiger partial charge in [-0.1, -0.05) is 6.07 Å². The highest BCUT2D eigenvalue weighted by Gasteiger charge is 2.19. The molecular formula is C15H21ClF2N2O. The van der Waals surface area contributed by atoms with Crippen LogP contribution in [0.2, 0.25) is 0 Å². The highest BCUT2D eigenvalue weighted by Crippen LogP contribution is 2.18. The molecule has 2 rings (SSSR count). The first-order valence-corrected chi connectivity index (χ1v) is 6.95. The summed E-state index contributed by atoms with van der Waals surface area (Å²) >= 11 is 0. The van der Waals surface area contributed by atoms with Gasteiger partial charge in [0, 0.05) is 31.6 Å². The average molecular weight is 319 g/mol. The van der Waals surface area contributed by atoms with Crippen molar-refractivity contribution in [2.75, 3.05) is 20.1 Å². The van der Waals surface area contributed by atoms with E-state index >= 15 is 0 Å². The molecule has 3 nitrogen and oxygen atoms in total. The molecule has 1 aromatic carbocycles. The maximum Gasteiger partial charge on any atom is 0.222 e. The lowest BCUT2D eigenvalue weighted by atomic mass is 9.94. The van der Waals surface area contributed by atoms with E-state index in [-0.39, 0.29) is 24.9 Å². The van der Waals surface area contributed by atoms with Crippen molar-refractivity contribution in [3.05, 3.63) is 35.4 Å². The molecule has 21 heavy (non-hydrogen) atoms. The third-order valence-corrected chi connectivity index (χ3v) is 3.77. The Morgan fingerprint density at radius 3 is 2.62 bits per heavy atom. The lowest BCUT2D eigenvalue weighted by molar-refractivity contribution is -0.131. The molecule has 6 heteroatoms. The van der Waals surface area contributed by atoms with Crippen LogP contribution in [0, 0.1) is 17.6 Å². The SMILES string of the molecule is CN(Cc1ccc(F)cc1F)C(=O)CC1CCNCC1.Cl. The van der Waals surface area contributed by atoms with Crippen LogP contribution in [-0.4, -0.2) is 30.9 Å². The van der Waals surface area contributed by atoms with Crippen molar-refractivity contribution in [2.45, 2.75) is 25.8 Å². The molecule has 1 aromatic rings.